The number of aromatic amines is 1. The molecule has 100 valence electrons. The van der Waals surface area contributed by atoms with Gasteiger partial charge in [-0.15, -0.1) is 0 Å². The van der Waals surface area contributed by atoms with E-state index in [9.17, 15) is 14.5 Å². The van der Waals surface area contributed by atoms with Crippen LogP contribution >= 0.6 is 0 Å². The SMILES string of the molecule is O=[N+]([O-])c1nc(Nc2ccccc2F)c2[nH]cnc2n1. The van der Waals surface area contributed by atoms with Crippen LogP contribution in [0.15, 0.2) is 30.6 Å². The summed E-state index contributed by atoms with van der Waals surface area (Å²) in [6, 6.07) is 5.92. The zero-order chi connectivity index (χ0) is 14.1. The van der Waals surface area contributed by atoms with Gasteiger partial charge in [0.1, 0.15) is 5.82 Å². The van der Waals surface area contributed by atoms with Crippen LogP contribution in [0.3, 0.4) is 0 Å². The smallest absolute Gasteiger partial charge is 0.390 e. The molecule has 0 atom stereocenters. The van der Waals surface area contributed by atoms with E-state index in [4.69, 9.17) is 0 Å². The molecule has 0 saturated heterocycles. The van der Waals surface area contributed by atoms with E-state index in [0.717, 1.165) is 0 Å². The second-order valence-electron chi connectivity index (χ2n) is 3.84. The van der Waals surface area contributed by atoms with Crippen LogP contribution < -0.4 is 5.32 Å². The summed E-state index contributed by atoms with van der Waals surface area (Å²) in [6.45, 7) is 0. The molecule has 0 amide bonds. The molecule has 0 spiro atoms. The Morgan fingerprint density at radius 3 is 2.85 bits per heavy atom. The molecule has 9 heteroatoms. The summed E-state index contributed by atoms with van der Waals surface area (Å²) in [5.41, 5.74) is 0.640. The zero-order valence-corrected chi connectivity index (χ0v) is 9.87. The minimum Gasteiger partial charge on any atom is -0.390 e. The van der Waals surface area contributed by atoms with Crippen molar-refractivity contribution in [2.75, 3.05) is 5.32 Å². The first-order valence-electron chi connectivity index (χ1n) is 5.52. The Morgan fingerprint density at radius 2 is 2.10 bits per heavy atom. The first-order valence-corrected chi connectivity index (χ1v) is 5.52. The lowest BCUT2D eigenvalue weighted by Gasteiger charge is -2.04. The third kappa shape index (κ3) is 2.00. The van der Waals surface area contributed by atoms with E-state index in [1.54, 1.807) is 6.07 Å². The van der Waals surface area contributed by atoms with Gasteiger partial charge in [-0.3, -0.25) is 0 Å². The molecule has 0 saturated carbocycles. The van der Waals surface area contributed by atoms with Crippen LogP contribution in [0.4, 0.5) is 21.8 Å². The maximum atomic E-state index is 13.6. The third-order valence-electron chi connectivity index (χ3n) is 2.56. The number of para-hydroxylation sites is 1. The van der Waals surface area contributed by atoms with Gasteiger partial charge < -0.3 is 20.4 Å². The van der Waals surface area contributed by atoms with Crippen molar-refractivity contribution >= 4 is 28.6 Å². The van der Waals surface area contributed by atoms with Crippen molar-refractivity contribution in [2.24, 2.45) is 0 Å². The second-order valence-corrected chi connectivity index (χ2v) is 3.84. The Bertz CT molecular complexity index is 802. The van der Waals surface area contributed by atoms with E-state index in [2.05, 4.69) is 25.3 Å². The van der Waals surface area contributed by atoms with Gasteiger partial charge in [-0.05, 0) is 27.0 Å². The number of benzene rings is 1. The van der Waals surface area contributed by atoms with E-state index in [1.165, 1.54) is 24.5 Å². The molecule has 3 aromatic rings. The van der Waals surface area contributed by atoms with Crippen molar-refractivity contribution in [2.45, 2.75) is 0 Å². The normalized spacial score (nSPS) is 10.7. The average molecular weight is 274 g/mol. The maximum absolute atomic E-state index is 13.6. The first kappa shape index (κ1) is 12.0. The number of H-pyrrole nitrogens is 1. The molecule has 20 heavy (non-hydrogen) atoms. The zero-order valence-electron chi connectivity index (χ0n) is 9.87. The summed E-state index contributed by atoms with van der Waals surface area (Å²) in [4.78, 5) is 24.1. The van der Waals surface area contributed by atoms with Gasteiger partial charge in [-0.1, -0.05) is 12.1 Å². The Hall–Kier alpha value is -3.10. The van der Waals surface area contributed by atoms with Crippen molar-refractivity contribution in [3.05, 3.63) is 46.5 Å². The minimum atomic E-state index is -0.735. The van der Waals surface area contributed by atoms with Gasteiger partial charge in [-0.25, -0.2) is 9.37 Å². The van der Waals surface area contributed by atoms with E-state index < -0.39 is 16.7 Å². The van der Waals surface area contributed by atoms with E-state index in [-0.39, 0.29) is 17.2 Å². The molecule has 0 unspecified atom stereocenters. The fourth-order valence-corrected chi connectivity index (χ4v) is 1.68. The van der Waals surface area contributed by atoms with Crippen molar-refractivity contribution < 1.29 is 9.31 Å². The molecule has 0 aliphatic heterocycles. The Kier molecular flexibility index (Phi) is 2.71. The first-order chi connectivity index (χ1) is 9.65. The number of aromatic nitrogens is 4. The van der Waals surface area contributed by atoms with Crippen LogP contribution in [0.5, 0.6) is 0 Å². The Labute approximate surface area is 110 Å². The summed E-state index contributed by atoms with van der Waals surface area (Å²) >= 11 is 0. The van der Waals surface area contributed by atoms with Gasteiger partial charge in [0.15, 0.2) is 5.52 Å². The average Bonchev–Trinajstić information content (AvgIpc) is 2.89. The lowest BCUT2D eigenvalue weighted by atomic mass is 10.3. The monoisotopic (exact) mass is 274 g/mol. The largest absolute Gasteiger partial charge is 0.473 e. The summed E-state index contributed by atoms with van der Waals surface area (Å²) in [7, 11) is 0. The number of nitrogens with one attached hydrogen (secondary N) is 2. The number of hydrogen-bond acceptors (Lipinski definition) is 6. The van der Waals surface area contributed by atoms with Crippen LogP contribution in [0, 0.1) is 15.9 Å². The number of hydrogen-bond donors (Lipinski definition) is 2. The van der Waals surface area contributed by atoms with Crippen LogP contribution in [-0.2, 0) is 0 Å². The molecular formula is C11H7FN6O2. The summed E-state index contributed by atoms with van der Waals surface area (Å²) in [5, 5.41) is 13.5. The van der Waals surface area contributed by atoms with Crippen LogP contribution in [0.1, 0.15) is 0 Å². The molecule has 0 aliphatic rings. The second kappa shape index (κ2) is 4.53. The van der Waals surface area contributed by atoms with Gasteiger partial charge in [0, 0.05) is 0 Å². The fraction of sp³-hybridized carbons (Fsp3) is 0. The highest BCUT2D eigenvalue weighted by Crippen LogP contribution is 2.24. The molecule has 2 N–H and O–H groups in total. The molecule has 0 fully saturated rings. The quantitative estimate of drug-likeness (QED) is 0.559. The summed E-state index contributed by atoms with van der Waals surface area (Å²) in [5.74, 6) is -1.02. The number of fused-ring (bicyclic) bond motifs is 1. The van der Waals surface area contributed by atoms with E-state index in [1.807, 2.05) is 0 Å². The van der Waals surface area contributed by atoms with Crippen molar-refractivity contribution in [1.82, 2.24) is 19.9 Å². The van der Waals surface area contributed by atoms with Crippen molar-refractivity contribution in [3.8, 4) is 0 Å². The molecule has 0 aliphatic carbocycles. The molecule has 3 rings (SSSR count). The van der Waals surface area contributed by atoms with Crippen molar-refractivity contribution in [3.63, 3.8) is 0 Å². The van der Waals surface area contributed by atoms with Gasteiger partial charge in [0.25, 0.3) is 5.65 Å². The lowest BCUT2D eigenvalue weighted by molar-refractivity contribution is -0.394. The molecule has 2 heterocycles. The topological polar surface area (TPSA) is 110 Å². The highest BCUT2D eigenvalue weighted by molar-refractivity contribution is 5.85. The maximum Gasteiger partial charge on any atom is 0.473 e. The van der Waals surface area contributed by atoms with Crippen LogP contribution in [0.25, 0.3) is 11.2 Å². The predicted molar refractivity (Wildman–Crippen MR) is 68.0 cm³/mol. The molecule has 0 bridgehead atoms. The highest BCUT2D eigenvalue weighted by Gasteiger charge is 2.20. The van der Waals surface area contributed by atoms with Gasteiger partial charge in [-0.2, -0.15) is 0 Å². The molecule has 2 aromatic heterocycles. The standard InChI is InChI=1S/C11H7FN6O2/c12-6-3-1-2-4-7(6)15-10-8-9(14-5-13-8)16-11(17-10)18(19)20/h1-5H,(H2,13,14,15,16,17). The predicted octanol–water partition coefficient (Wildman–Crippen LogP) is 2.14. The number of imidazole rings is 1. The van der Waals surface area contributed by atoms with Crippen LogP contribution in [0.2, 0.25) is 0 Å². The van der Waals surface area contributed by atoms with E-state index >= 15 is 0 Å². The van der Waals surface area contributed by atoms with Crippen molar-refractivity contribution in [1.29, 1.82) is 0 Å². The summed E-state index contributed by atoms with van der Waals surface area (Å²) < 4.78 is 13.6. The lowest BCUT2D eigenvalue weighted by Crippen LogP contribution is -2.02. The van der Waals surface area contributed by atoms with Gasteiger partial charge in [0.2, 0.25) is 5.82 Å². The number of rotatable bonds is 3. The van der Waals surface area contributed by atoms with Crippen LogP contribution in [-0.4, -0.2) is 24.9 Å². The third-order valence-corrected chi connectivity index (χ3v) is 2.56. The van der Waals surface area contributed by atoms with Gasteiger partial charge in [0.05, 0.1) is 12.0 Å². The van der Waals surface area contributed by atoms with Gasteiger partial charge >= 0.3 is 5.95 Å². The number of halogens is 1. The Morgan fingerprint density at radius 1 is 1.30 bits per heavy atom. The molecular weight excluding hydrogens is 267 g/mol. The molecule has 8 nitrogen and oxygen atoms in total. The Balaban J connectivity index is 2.12. The summed E-state index contributed by atoms with van der Waals surface area (Å²) in [6.07, 6.45) is 1.33. The number of nitrogens with zero attached hydrogens (tertiary/aromatic N) is 4. The van der Waals surface area contributed by atoms with E-state index in [0.29, 0.717) is 5.52 Å². The number of nitro groups is 1. The molecule has 0 radical (unpaired) electrons. The number of anilines is 2. The molecule has 1 aromatic carbocycles. The minimum absolute atomic E-state index is 0.0873. The highest BCUT2D eigenvalue weighted by atomic mass is 19.1. The fourth-order valence-electron chi connectivity index (χ4n) is 1.68.